The highest BCUT2D eigenvalue weighted by molar-refractivity contribution is 9.10. The van der Waals surface area contributed by atoms with E-state index in [1.54, 1.807) is 6.20 Å². The monoisotopic (exact) mass is 356 g/mol. The number of nitrogens with one attached hydrogen (secondary N) is 1. The van der Waals surface area contributed by atoms with Crippen molar-refractivity contribution in [2.45, 2.75) is 13.3 Å². The molecule has 0 atom stereocenters. The molecule has 1 aromatic carbocycles. The van der Waals surface area contributed by atoms with Crippen molar-refractivity contribution in [3.8, 4) is 0 Å². The lowest BCUT2D eigenvalue weighted by atomic mass is 10.1. The lowest BCUT2D eigenvalue weighted by Crippen LogP contribution is -2.16. The Morgan fingerprint density at radius 2 is 2.25 bits per heavy atom. The molecule has 20 heavy (non-hydrogen) atoms. The van der Waals surface area contributed by atoms with Crippen molar-refractivity contribution in [1.82, 2.24) is 4.98 Å². The van der Waals surface area contributed by atoms with Crippen molar-refractivity contribution in [2.75, 3.05) is 5.32 Å². The van der Waals surface area contributed by atoms with Crippen LogP contribution in [0.25, 0.3) is 0 Å². The number of carbonyl (C=O) groups excluding carboxylic acids is 1. The third-order valence-electron chi connectivity index (χ3n) is 2.72. The van der Waals surface area contributed by atoms with Crippen LogP contribution in [0.3, 0.4) is 0 Å². The topological polar surface area (TPSA) is 42.0 Å². The van der Waals surface area contributed by atoms with Crippen LogP contribution in [-0.4, -0.2) is 10.9 Å². The summed E-state index contributed by atoms with van der Waals surface area (Å²) >= 11 is 9.08. The SMILES string of the molecule is Cc1cccnc1CC(=O)Nc1c(Cl)cc(F)cc1Br. The van der Waals surface area contributed by atoms with Crippen LogP contribution in [0.1, 0.15) is 11.3 Å². The zero-order chi connectivity index (χ0) is 14.7. The average molecular weight is 358 g/mol. The summed E-state index contributed by atoms with van der Waals surface area (Å²) in [6.45, 7) is 1.89. The number of anilines is 1. The van der Waals surface area contributed by atoms with Gasteiger partial charge in [0.15, 0.2) is 0 Å². The molecule has 1 amide bonds. The second kappa shape index (κ2) is 6.33. The summed E-state index contributed by atoms with van der Waals surface area (Å²) < 4.78 is 13.5. The van der Waals surface area contributed by atoms with Crippen molar-refractivity contribution < 1.29 is 9.18 Å². The number of benzene rings is 1. The van der Waals surface area contributed by atoms with Crippen molar-refractivity contribution in [3.63, 3.8) is 0 Å². The number of hydrogen-bond donors (Lipinski definition) is 1. The van der Waals surface area contributed by atoms with Gasteiger partial charge in [0.2, 0.25) is 5.91 Å². The fourth-order valence-corrected chi connectivity index (χ4v) is 2.60. The fourth-order valence-electron chi connectivity index (χ4n) is 1.70. The van der Waals surface area contributed by atoms with Gasteiger partial charge in [0, 0.05) is 10.7 Å². The van der Waals surface area contributed by atoms with Crippen LogP contribution in [-0.2, 0) is 11.2 Å². The first-order chi connectivity index (χ1) is 9.47. The molecule has 0 aliphatic rings. The average Bonchev–Trinajstić information content (AvgIpc) is 2.36. The predicted octanol–water partition coefficient (Wildman–Crippen LogP) is 4.13. The minimum absolute atomic E-state index is 0.132. The molecule has 0 saturated carbocycles. The summed E-state index contributed by atoms with van der Waals surface area (Å²) in [5.41, 5.74) is 1.98. The van der Waals surface area contributed by atoms with Crippen LogP contribution >= 0.6 is 27.5 Å². The minimum Gasteiger partial charge on any atom is -0.323 e. The van der Waals surface area contributed by atoms with E-state index in [-0.39, 0.29) is 17.4 Å². The maximum absolute atomic E-state index is 13.1. The quantitative estimate of drug-likeness (QED) is 0.897. The largest absolute Gasteiger partial charge is 0.323 e. The van der Waals surface area contributed by atoms with E-state index in [4.69, 9.17) is 11.6 Å². The molecule has 3 nitrogen and oxygen atoms in total. The Kier molecular flexibility index (Phi) is 4.73. The molecule has 0 bridgehead atoms. The van der Waals surface area contributed by atoms with Crippen LogP contribution in [0.5, 0.6) is 0 Å². The fraction of sp³-hybridized carbons (Fsp3) is 0.143. The number of amides is 1. The number of hydrogen-bond acceptors (Lipinski definition) is 2. The molecule has 6 heteroatoms. The Morgan fingerprint density at radius 3 is 2.90 bits per heavy atom. The molecule has 2 aromatic rings. The lowest BCUT2D eigenvalue weighted by Gasteiger charge is -2.10. The molecular formula is C14H11BrClFN2O. The highest BCUT2D eigenvalue weighted by Crippen LogP contribution is 2.31. The molecule has 1 heterocycles. The van der Waals surface area contributed by atoms with Crippen molar-refractivity contribution in [3.05, 3.63) is 57.0 Å². The zero-order valence-corrected chi connectivity index (χ0v) is 12.9. The molecule has 0 fully saturated rings. The van der Waals surface area contributed by atoms with Crippen LogP contribution in [0.15, 0.2) is 34.9 Å². The van der Waals surface area contributed by atoms with E-state index in [0.29, 0.717) is 15.9 Å². The maximum atomic E-state index is 13.1. The number of halogens is 3. The number of aromatic nitrogens is 1. The number of pyridine rings is 1. The normalized spacial score (nSPS) is 10.4. The van der Waals surface area contributed by atoms with Gasteiger partial charge in [-0.05, 0) is 46.6 Å². The van der Waals surface area contributed by atoms with E-state index in [1.165, 1.54) is 6.07 Å². The van der Waals surface area contributed by atoms with Crippen LogP contribution < -0.4 is 5.32 Å². The second-order valence-corrected chi connectivity index (χ2v) is 5.50. The van der Waals surface area contributed by atoms with Gasteiger partial charge in [-0.3, -0.25) is 9.78 Å². The molecule has 1 aromatic heterocycles. The molecule has 0 radical (unpaired) electrons. The third-order valence-corrected chi connectivity index (χ3v) is 3.64. The van der Waals surface area contributed by atoms with Crippen LogP contribution in [0, 0.1) is 12.7 Å². The maximum Gasteiger partial charge on any atom is 0.230 e. The van der Waals surface area contributed by atoms with Gasteiger partial charge in [0.1, 0.15) is 5.82 Å². The van der Waals surface area contributed by atoms with E-state index in [1.807, 2.05) is 19.1 Å². The molecule has 0 unspecified atom stereocenters. The summed E-state index contributed by atoms with van der Waals surface area (Å²) in [5, 5.41) is 2.80. The lowest BCUT2D eigenvalue weighted by molar-refractivity contribution is -0.115. The second-order valence-electron chi connectivity index (χ2n) is 4.24. The molecule has 104 valence electrons. The molecule has 0 aliphatic carbocycles. The first-order valence-electron chi connectivity index (χ1n) is 5.82. The Labute approximate surface area is 129 Å². The summed E-state index contributed by atoms with van der Waals surface area (Å²) in [6, 6.07) is 6.09. The van der Waals surface area contributed by atoms with Gasteiger partial charge >= 0.3 is 0 Å². The molecule has 0 saturated heterocycles. The molecule has 1 N–H and O–H groups in total. The number of rotatable bonds is 3. The van der Waals surface area contributed by atoms with E-state index in [2.05, 4.69) is 26.2 Å². The van der Waals surface area contributed by atoms with Gasteiger partial charge in [-0.2, -0.15) is 0 Å². The Hall–Kier alpha value is -1.46. The minimum atomic E-state index is -0.472. The van der Waals surface area contributed by atoms with Crippen molar-refractivity contribution in [2.24, 2.45) is 0 Å². The summed E-state index contributed by atoms with van der Waals surface area (Å²) in [5.74, 6) is -0.735. The smallest absolute Gasteiger partial charge is 0.230 e. The van der Waals surface area contributed by atoms with Crippen LogP contribution in [0.4, 0.5) is 10.1 Å². The Balaban J connectivity index is 2.15. The van der Waals surface area contributed by atoms with E-state index < -0.39 is 5.82 Å². The number of nitrogens with zero attached hydrogens (tertiary/aromatic N) is 1. The van der Waals surface area contributed by atoms with Crippen molar-refractivity contribution >= 4 is 39.1 Å². The Morgan fingerprint density at radius 1 is 1.50 bits per heavy atom. The highest BCUT2D eigenvalue weighted by Gasteiger charge is 2.13. The highest BCUT2D eigenvalue weighted by atomic mass is 79.9. The zero-order valence-electron chi connectivity index (χ0n) is 10.6. The van der Waals surface area contributed by atoms with Gasteiger partial charge in [0.05, 0.1) is 22.8 Å². The molecule has 2 rings (SSSR count). The molecular weight excluding hydrogens is 347 g/mol. The Bertz CT molecular complexity index is 640. The van der Waals surface area contributed by atoms with Gasteiger partial charge < -0.3 is 5.32 Å². The van der Waals surface area contributed by atoms with E-state index in [0.717, 1.165) is 11.6 Å². The molecule has 0 aliphatic heterocycles. The van der Waals surface area contributed by atoms with Crippen molar-refractivity contribution in [1.29, 1.82) is 0 Å². The summed E-state index contributed by atoms with van der Waals surface area (Å²) in [6.07, 6.45) is 1.77. The van der Waals surface area contributed by atoms with Gasteiger partial charge in [0.25, 0.3) is 0 Å². The van der Waals surface area contributed by atoms with Gasteiger partial charge in [-0.1, -0.05) is 17.7 Å². The van der Waals surface area contributed by atoms with Gasteiger partial charge in [-0.15, -0.1) is 0 Å². The van der Waals surface area contributed by atoms with E-state index in [9.17, 15) is 9.18 Å². The first kappa shape index (κ1) is 14.9. The number of aryl methyl sites for hydroxylation is 1. The summed E-state index contributed by atoms with van der Waals surface area (Å²) in [7, 11) is 0. The third kappa shape index (κ3) is 3.55. The van der Waals surface area contributed by atoms with Gasteiger partial charge in [-0.25, -0.2) is 4.39 Å². The predicted molar refractivity (Wildman–Crippen MR) is 80.4 cm³/mol. The molecule has 0 spiro atoms. The number of carbonyl (C=O) groups is 1. The summed E-state index contributed by atoms with van der Waals surface area (Å²) in [4.78, 5) is 16.2. The first-order valence-corrected chi connectivity index (χ1v) is 6.99. The van der Waals surface area contributed by atoms with Crippen LogP contribution in [0.2, 0.25) is 5.02 Å². The van der Waals surface area contributed by atoms with E-state index >= 15 is 0 Å². The standard InChI is InChI=1S/C14H11BrClFN2O/c1-8-3-2-4-18-12(8)7-13(20)19-14-10(15)5-9(17)6-11(14)16/h2-6H,7H2,1H3,(H,19,20).